The van der Waals surface area contributed by atoms with Gasteiger partial charge in [0, 0.05) is 25.2 Å². The Hall–Kier alpha value is -3.87. The number of ether oxygens (including phenoxy) is 1. The summed E-state index contributed by atoms with van der Waals surface area (Å²) in [6.07, 6.45) is -0.142. The van der Waals surface area contributed by atoms with Crippen molar-refractivity contribution in [3.63, 3.8) is 0 Å². The van der Waals surface area contributed by atoms with Crippen LogP contribution in [0.25, 0.3) is 11.1 Å². The molecule has 3 aromatic carbocycles. The number of rotatable bonds is 9. The number of benzene rings is 3. The Bertz CT molecular complexity index is 1120. The zero-order chi connectivity index (χ0) is 23.8. The van der Waals surface area contributed by atoms with Gasteiger partial charge in [0.2, 0.25) is 0 Å². The van der Waals surface area contributed by atoms with Gasteiger partial charge in [0.1, 0.15) is 11.6 Å². The number of amides is 2. The van der Waals surface area contributed by atoms with Crippen molar-refractivity contribution in [1.82, 2.24) is 10.2 Å². The number of methoxy groups -OCH3 is 1. The fourth-order valence-electron chi connectivity index (χ4n) is 3.62. The number of carboxylic acid groups (broad SMARTS) is 1. The minimum atomic E-state index is -0.947. The lowest BCUT2D eigenvalue weighted by molar-refractivity contribution is -0.136. The molecule has 6 nitrogen and oxygen atoms in total. The molecule has 0 heterocycles. The van der Waals surface area contributed by atoms with Crippen LogP contribution in [0.1, 0.15) is 23.6 Å². The van der Waals surface area contributed by atoms with Crippen molar-refractivity contribution >= 4 is 12.0 Å². The number of carbonyl (C=O) groups excluding carboxylic acids is 1. The minimum Gasteiger partial charge on any atom is -0.496 e. The van der Waals surface area contributed by atoms with Crippen molar-refractivity contribution in [2.45, 2.75) is 26.4 Å². The van der Waals surface area contributed by atoms with E-state index in [4.69, 9.17) is 9.84 Å². The SMILES string of the molecule is CCN(Cc1cc(F)ccc1-c1cc(CC(=O)O)ccc1OC)C(=O)NCc1ccccc1. The van der Waals surface area contributed by atoms with E-state index >= 15 is 0 Å². The van der Waals surface area contributed by atoms with Gasteiger partial charge in [-0.3, -0.25) is 4.79 Å². The molecule has 0 aliphatic rings. The van der Waals surface area contributed by atoms with Gasteiger partial charge < -0.3 is 20.1 Å². The molecule has 172 valence electrons. The first-order chi connectivity index (χ1) is 15.9. The lowest BCUT2D eigenvalue weighted by Crippen LogP contribution is -2.39. The van der Waals surface area contributed by atoms with Gasteiger partial charge in [0.05, 0.1) is 13.5 Å². The van der Waals surface area contributed by atoms with E-state index in [9.17, 15) is 14.0 Å². The summed E-state index contributed by atoms with van der Waals surface area (Å²) in [5, 5.41) is 12.1. The molecule has 0 bridgehead atoms. The molecule has 0 aliphatic heterocycles. The molecule has 3 rings (SSSR count). The number of aliphatic carboxylic acids is 1. The molecule has 3 aromatic rings. The number of carbonyl (C=O) groups is 2. The largest absolute Gasteiger partial charge is 0.496 e. The summed E-state index contributed by atoms with van der Waals surface area (Å²) in [4.78, 5) is 25.6. The van der Waals surface area contributed by atoms with Crippen LogP contribution in [0.3, 0.4) is 0 Å². The second-order valence-electron chi connectivity index (χ2n) is 7.57. The molecule has 0 unspecified atom stereocenters. The third kappa shape index (κ3) is 6.32. The molecule has 0 radical (unpaired) electrons. The highest BCUT2D eigenvalue weighted by molar-refractivity contribution is 5.78. The summed E-state index contributed by atoms with van der Waals surface area (Å²) in [7, 11) is 1.52. The third-order valence-electron chi connectivity index (χ3n) is 5.29. The first-order valence-electron chi connectivity index (χ1n) is 10.7. The number of halogens is 1. The number of urea groups is 1. The van der Waals surface area contributed by atoms with Gasteiger partial charge in [-0.25, -0.2) is 9.18 Å². The van der Waals surface area contributed by atoms with Crippen molar-refractivity contribution in [1.29, 1.82) is 0 Å². The maximum atomic E-state index is 14.2. The number of nitrogens with zero attached hydrogens (tertiary/aromatic N) is 1. The van der Waals surface area contributed by atoms with Crippen molar-refractivity contribution in [2.75, 3.05) is 13.7 Å². The second kappa shape index (κ2) is 11.1. The van der Waals surface area contributed by atoms with Crippen LogP contribution in [0, 0.1) is 5.82 Å². The number of hydrogen-bond donors (Lipinski definition) is 2. The van der Waals surface area contributed by atoms with Gasteiger partial charge >= 0.3 is 12.0 Å². The van der Waals surface area contributed by atoms with Gasteiger partial charge in [-0.1, -0.05) is 42.5 Å². The van der Waals surface area contributed by atoms with Crippen LogP contribution >= 0.6 is 0 Å². The number of nitrogens with one attached hydrogen (secondary N) is 1. The molecule has 7 heteroatoms. The van der Waals surface area contributed by atoms with E-state index < -0.39 is 11.8 Å². The Kier molecular flexibility index (Phi) is 8.02. The van der Waals surface area contributed by atoms with Crippen LogP contribution in [0.2, 0.25) is 0 Å². The molecule has 2 amide bonds. The quantitative estimate of drug-likeness (QED) is 0.488. The monoisotopic (exact) mass is 450 g/mol. The number of hydrogen-bond acceptors (Lipinski definition) is 3. The van der Waals surface area contributed by atoms with Gasteiger partial charge in [0.15, 0.2) is 0 Å². The molecule has 0 fully saturated rings. The predicted octanol–water partition coefficient (Wildman–Crippen LogP) is 4.86. The van der Waals surface area contributed by atoms with E-state index in [1.165, 1.54) is 19.2 Å². The Morgan fingerprint density at radius 2 is 1.76 bits per heavy atom. The minimum absolute atomic E-state index is 0.142. The van der Waals surface area contributed by atoms with Crippen molar-refractivity contribution in [2.24, 2.45) is 0 Å². The summed E-state index contributed by atoms with van der Waals surface area (Å²) in [5.41, 5.74) is 3.49. The Labute approximate surface area is 192 Å². The van der Waals surface area contributed by atoms with E-state index in [-0.39, 0.29) is 19.0 Å². The molecule has 0 aromatic heterocycles. The van der Waals surface area contributed by atoms with E-state index in [1.54, 1.807) is 29.2 Å². The van der Waals surface area contributed by atoms with E-state index in [0.717, 1.165) is 5.56 Å². The second-order valence-corrected chi connectivity index (χ2v) is 7.57. The lowest BCUT2D eigenvalue weighted by Gasteiger charge is -2.23. The van der Waals surface area contributed by atoms with Gasteiger partial charge in [-0.15, -0.1) is 0 Å². The van der Waals surface area contributed by atoms with Gasteiger partial charge in [-0.05, 0) is 53.4 Å². The lowest BCUT2D eigenvalue weighted by atomic mass is 9.95. The van der Waals surface area contributed by atoms with Crippen LogP contribution in [-0.4, -0.2) is 35.7 Å². The van der Waals surface area contributed by atoms with Crippen LogP contribution in [0.15, 0.2) is 66.7 Å². The molecule has 0 saturated carbocycles. The van der Waals surface area contributed by atoms with E-state index in [0.29, 0.717) is 41.1 Å². The van der Waals surface area contributed by atoms with E-state index in [2.05, 4.69) is 5.32 Å². The van der Waals surface area contributed by atoms with Crippen molar-refractivity contribution in [3.05, 3.63) is 89.2 Å². The summed E-state index contributed by atoms with van der Waals surface area (Å²) >= 11 is 0. The molecule has 0 saturated heterocycles. The van der Waals surface area contributed by atoms with Crippen LogP contribution < -0.4 is 10.1 Å². The summed E-state index contributed by atoms with van der Waals surface area (Å²) in [5.74, 6) is -0.832. The summed E-state index contributed by atoms with van der Waals surface area (Å²) in [6.45, 7) is 2.84. The first-order valence-corrected chi connectivity index (χ1v) is 10.7. The predicted molar refractivity (Wildman–Crippen MR) is 124 cm³/mol. The third-order valence-corrected chi connectivity index (χ3v) is 5.29. The van der Waals surface area contributed by atoms with E-state index in [1.807, 2.05) is 37.3 Å². The van der Waals surface area contributed by atoms with Gasteiger partial charge in [0.25, 0.3) is 0 Å². The normalized spacial score (nSPS) is 10.5. The Balaban J connectivity index is 1.89. The zero-order valence-corrected chi connectivity index (χ0v) is 18.7. The molecule has 2 N–H and O–H groups in total. The molecular weight excluding hydrogens is 423 g/mol. The Morgan fingerprint density at radius 1 is 1.00 bits per heavy atom. The standard InChI is InChI=1S/C26H27FN2O4/c1-3-29(26(32)28-16-18-7-5-4-6-8-18)17-20-15-21(27)10-11-22(20)23-13-19(14-25(30)31)9-12-24(23)33-2/h4-13,15H,3,14,16-17H2,1-2H3,(H,28,32)(H,30,31). The molecule has 33 heavy (non-hydrogen) atoms. The molecule has 0 aliphatic carbocycles. The van der Waals surface area contributed by atoms with Crippen LogP contribution in [-0.2, 0) is 24.3 Å². The van der Waals surface area contributed by atoms with Crippen LogP contribution in [0.5, 0.6) is 5.75 Å². The highest BCUT2D eigenvalue weighted by Gasteiger charge is 2.18. The summed E-state index contributed by atoms with van der Waals surface area (Å²) in [6, 6.07) is 18.8. The molecular formula is C26H27FN2O4. The average Bonchev–Trinajstić information content (AvgIpc) is 2.81. The van der Waals surface area contributed by atoms with Crippen LogP contribution in [0.4, 0.5) is 9.18 Å². The number of carboxylic acids is 1. The fourth-order valence-corrected chi connectivity index (χ4v) is 3.62. The Morgan fingerprint density at radius 3 is 2.42 bits per heavy atom. The smallest absolute Gasteiger partial charge is 0.317 e. The molecule has 0 spiro atoms. The zero-order valence-electron chi connectivity index (χ0n) is 18.7. The first kappa shape index (κ1) is 23.8. The maximum Gasteiger partial charge on any atom is 0.317 e. The van der Waals surface area contributed by atoms with Crippen molar-refractivity contribution in [3.8, 4) is 16.9 Å². The topological polar surface area (TPSA) is 78.9 Å². The van der Waals surface area contributed by atoms with Crippen molar-refractivity contribution < 1.29 is 23.8 Å². The highest BCUT2D eigenvalue weighted by Crippen LogP contribution is 2.34. The highest BCUT2D eigenvalue weighted by atomic mass is 19.1. The van der Waals surface area contributed by atoms with Gasteiger partial charge in [-0.2, -0.15) is 0 Å². The maximum absolute atomic E-state index is 14.2. The fraction of sp³-hybridized carbons (Fsp3) is 0.231. The summed E-state index contributed by atoms with van der Waals surface area (Å²) < 4.78 is 19.7. The molecule has 0 atom stereocenters. The average molecular weight is 451 g/mol.